The summed E-state index contributed by atoms with van der Waals surface area (Å²) < 4.78 is 0. The van der Waals surface area contributed by atoms with Gasteiger partial charge in [-0.15, -0.1) is 13.2 Å². The van der Waals surface area contributed by atoms with Crippen LogP contribution < -0.4 is 5.32 Å². The number of benzene rings is 1. The van der Waals surface area contributed by atoms with Crippen LogP contribution in [0.25, 0.3) is 0 Å². The van der Waals surface area contributed by atoms with Gasteiger partial charge in [0.25, 0.3) is 0 Å². The van der Waals surface area contributed by atoms with Crippen molar-refractivity contribution in [2.45, 2.75) is 20.3 Å². The molecule has 0 unspecified atom stereocenters. The van der Waals surface area contributed by atoms with Crippen molar-refractivity contribution in [3.8, 4) is 0 Å². The van der Waals surface area contributed by atoms with Crippen LogP contribution >= 0.6 is 0 Å². The van der Waals surface area contributed by atoms with Crippen LogP contribution in [0.5, 0.6) is 0 Å². The van der Waals surface area contributed by atoms with Crippen molar-refractivity contribution < 1.29 is 0 Å². The van der Waals surface area contributed by atoms with Crippen LogP contribution in [0.1, 0.15) is 19.4 Å². The summed E-state index contributed by atoms with van der Waals surface area (Å²) >= 11 is 0. The quantitative estimate of drug-likeness (QED) is 0.598. The molecule has 0 amide bonds. The first kappa shape index (κ1) is 11.8. The molecule has 1 nitrogen and oxygen atoms in total. The first-order chi connectivity index (χ1) is 6.47. The van der Waals surface area contributed by atoms with E-state index in [0.29, 0.717) is 0 Å². The molecule has 1 aliphatic heterocycles. The lowest BCUT2D eigenvalue weighted by Gasteiger charge is -1.94. The van der Waals surface area contributed by atoms with Crippen molar-refractivity contribution in [2.75, 3.05) is 11.9 Å². The van der Waals surface area contributed by atoms with E-state index in [-0.39, 0.29) is 0 Å². The van der Waals surface area contributed by atoms with Gasteiger partial charge in [-0.2, -0.15) is 0 Å². The van der Waals surface area contributed by atoms with Crippen molar-refractivity contribution in [1.29, 1.82) is 0 Å². The second-order valence-electron chi connectivity index (χ2n) is 2.33. The van der Waals surface area contributed by atoms with Gasteiger partial charge in [0.1, 0.15) is 0 Å². The topological polar surface area (TPSA) is 12.0 Å². The molecule has 0 aliphatic carbocycles. The molecule has 0 radical (unpaired) electrons. The summed E-state index contributed by atoms with van der Waals surface area (Å²) in [4.78, 5) is 0. The van der Waals surface area contributed by atoms with E-state index in [9.17, 15) is 0 Å². The van der Waals surface area contributed by atoms with Crippen LogP contribution in [0.15, 0.2) is 37.4 Å². The van der Waals surface area contributed by atoms with E-state index in [1.807, 2.05) is 13.8 Å². The Labute approximate surface area is 81.5 Å². The molecule has 2 rings (SSSR count). The molecule has 0 atom stereocenters. The van der Waals surface area contributed by atoms with Gasteiger partial charge in [0.2, 0.25) is 0 Å². The molecule has 1 heterocycles. The van der Waals surface area contributed by atoms with Crippen LogP contribution in [0.4, 0.5) is 5.69 Å². The van der Waals surface area contributed by atoms with E-state index >= 15 is 0 Å². The monoisotopic (exact) mass is 177 g/mol. The van der Waals surface area contributed by atoms with Crippen LogP contribution in [-0.4, -0.2) is 6.54 Å². The Morgan fingerprint density at radius 1 is 1.15 bits per heavy atom. The number of nitrogens with one attached hydrogen (secondary N) is 1. The summed E-state index contributed by atoms with van der Waals surface area (Å²) in [6.07, 6.45) is 1.19. The van der Waals surface area contributed by atoms with Crippen LogP contribution in [-0.2, 0) is 6.42 Å². The molecule has 0 spiro atoms. The second kappa shape index (κ2) is 7.41. The zero-order chi connectivity index (χ0) is 10.1. The van der Waals surface area contributed by atoms with Gasteiger partial charge in [-0.1, -0.05) is 32.0 Å². The summed E-state index contributed by atoms with van der Waals surface area (Å²) in [6.45, 7) is 11.1. The fourth-order valence-electron chi connectivity index (χ4n) is 1.24. The number of hydrogen-bond donors (Lipinski definition) is 1. The third-order valence-corrected chi connectivity index (χ3v) is 1.73. The number of rotatable bonds is 0. The second-order valence-corrected chi connectivity index (χ2v) is 2.33. The number of fused-ring (bicyclic) bond motifs is 1. The molecule has 13 heavy (non-hydrogen) atoms. The molecule has 72 valence electrons. The highest BCUT2D eigenvalue weighted by Gasteiger charge is 2.05. The molecule has 1 N–H and O–H groups in total. The smallest absolute Gasteiger partial charge is 0.0373 e. The summed E-state index contributed by atoms with van der Waals surface area (Å²) in [5.41, 5.74) is 2.77. The average molecular weight is 177 g/mol. The first-order valence-electron chi connectivity index (χ1n) is 4.78. The van der Waals surface area contributed by atoms with Gasteiger partial charge in [0.05, 0.1) is 0 Å². The van der Waals surface area contributed by atoms with E-state index in [4.69, 9.17) is 0 Å². The predicted octanol–water partition coefficient (Wildman–Crippen LogP) is 3.48. The van der Waals surface area contributed by atoms with E-state index in [1.54, 1.807) is 0 Å². The normalized spacial score (nSPS) is 10.9. The van der Waals surface area contributed by atoms with Gasteiger partial charge in [0, 0.05) is 12.2 Å². The number of anilines is 1. The lowest BCUT2D eigenvalue weighted by atomic mass is 10.2. The number of para-hydroxylation sites is 1. The van der Waals surface area contributed by atoms with Gasteiger partial charge in [-0.05, 0) is 18.1 Å². The lowest BCUT2D eigenvalue weighted by molar-refractivity contribution is 1.11. The van der Waals surface area contributed by atoms with Crippen molar-refractivity contribution in [2.24, 2.45) is 0 Å². The third-order valence-electron chi connectivity index (χ3n) is 1.73. The van der Waals surface area contributed by atoms with E-state index < -0.39 is 0 Å². The third kappa shape index (κ3) is 3.32. The van der Waals surface area contributed by atoms with Crippen LogP contribution in [0.2, 0.25) is 0 Å². The molecule has 1 aromatic rings. The molecule has 0 bridgehead atoms. The molecule has 0 saturated heterocycles. The highest BCUT2D eigenvalue weighted by atomic mass is 14.9. The predicted molar refractivity (Wildman–Crippen MR) is 61.2 cm³/mol. The van der Waals surface area contributed by atoms with Crippen LogP contribution in [0.3, 0.4) is 0 Å². The molecule has 1 heteroatoms. The maximum absolute atomic E-state index is 3.30. The number of hydrogen-bond acceptors (Lipinski definition) is 1. The summed E-state index contributed by atoms with van der Waals surface area (Å²) in [6, 6.07) is 8.46. The van der Waals surface area contributed by atoms with Gasteiger partial charge in [0.15, 0.2) is 0 Å². The van der Waals surface area contributed by atoms with Crippen LogP contribution in [0, 0.1) is 0 Å². The molecular formula is C12H19N. The van der Waals surface area contributed by atoms with Gasteiger partial charge in [-0.3, -0.25) is 0 Å². The van der Waals surface area contributed by atoms with E-state index in [0.717, 1.165) is 6.54 Å². The van der Waals surface area contributed by atoms with Gasteiger partial charge in [-0.25, -0.2) is 0 Å². The SMILES string of the molecule is C=C.CC.c1ccc2c(c1)CCN2. The minimum atomic E-state index is 1.11. The Hall–Kier alpha value is -1.24. The Morgan fingerprint density at radius 3 is 2.38 bits per heavy atom. The molecule has 0 fully saturated rings. The Morgan fingerprint density at radius 2 is 1.77 bits per heavy atom. The Balaban J connectivity index is 0.000000322. The maximum atomic E-state index is 3.30. The molecule has 0 aromatic heterocycles. The summed E-state index contributed by atoms with van der Waals surface area (Å²) in [5, 5.41) is 3.30. The van der Waals surface area contributed by atoms with E-state index in [2.05, 4.69) is 42.7 Å². The first-order valence-corrected chi connectivity index (χ1v) is 4.78. The van der Waals surface area contributed by atoms with E-state index in [1.165, 1.54) is 17.7 Å². The zero-order valence-corrected chi connectivity index (χ0v) is 8.64. The Kier molecular flexibility index (Phi) is 6.70. The largest absolute Gasteiger partial charge is 0.384 e. The fourth-order valence-corrected chi connectivity index (χ4v) is 1.24. The molecule has 1 aromatic carbocycles. The molecule has 1 aliphatic rings. The average Bonchev–Trinajstić information content (AvgIpc) is 2.71. The van der Waals surface area contributed by atoms with Crippen molar-refractivity contribution in [3.05, 3.63) is 43.0 Å². The van der Waals surface area contributed by atoms with Gasteiger partial charge >= 0.3 is 0 Å². The van der Waals surface area contributed by atoms with Crippen molar-refractivity contribution >= 4 is 5.69 Å². The Bertz CT molecular complexity index is 207. The van der Waals surface area contributed by atoms with Gasteiger partial charge < -0.3 is 5.32 Å². The highest BCUT2D eigenvalue weighted by molar-refractivity contribution is 5.54. The maximum Gasteiger partial charge on any atom is 0.0373 e. The van der Waals surface area contributed by atoms with Crippen molar-refractivity contribution in [1.82, 2.24) is 0 Å². The highest BCUT2D eigenvalue weighted by Crippen LogP contribution is 2.19. The summed E-state index contributed by atoms with van der Waals surface area (Å²) in [7, 11) is 0. The van der Waals surface area contributed by atoms with Crippen molar-refractivity contribution in [3.63, 3.8) is 0 Å². The minimum Gasteiger partial charge on any atom is -0.384 e. The molecular weight excluding hydrogens is 158 g/mol. The zero-order valence-electron chi connectivity index (χ0n) is 8.64. The fraction of sp³-hybridized carbons (Fsp3) is 0.333. The minimum absolute atomic E-state index is 1.11. The standard InChI is InChI=1S/C8H9N.C2H6.C2H4/c1-2-4-8-7(3-1)5-6-9-8;2*1-2/h1-4,9H,5-6H2;1-2H3;1-2H2. The lowest BCUT2D eigenvalue weighted by Crippen LogP contribution is -1.90. The summed E-state index contributed by atoms with van der Waals surface area (Å²) in [5.74, 6) is 0. The molecule has 0 saturated carbocycles.